The van der Waals surface area contributed by atoms with Gasteiger partial charge in [-0.25, -0.2) is 9.97 Å². The third kappa shape index (κ3) is 5.23. The monoisotopic (exact) mass is 663 g/mol. The number of nitrogens with one attached hydrogen (secondary N) is 1. The fourth-order valence-corrected chi connectivity index (χ4v) is 7.34. The Bertz CT molecular complexity index is 2730. The molecule has 4 aromatic heterocycles. The number of hydrogen-bond donors (Lipinski definition) is 1. The lowest BCUT2D eigenvalue weighted by Gasteiger charge is -2.22. The summed E-state index contributed by atoms with van der Waals surface area (Å²) in [5.74, 6) is 1.92. The van der Waals surface area contributed by atoms with Gasteiger partial charge in [0.05, 0.1) is 22.2 Å². The van der Waals surface area contributed by atoms with Gasteiger partial charge in [0.2, 0.25) is 0 Å². The van der Waals surface area contributed by atoms with Crippen molar-refractivity contribution in [3.8, 4) is 34.2 Å². The highest BCUT2D eigenvalue weighted by Crippen LogP contribution is 2.39. The summed E-state index contributed by atoms with van der Waals surface area (Å²) in [7, 11) is 0. The van der Waals surface area contributed by atoms with Crippen LogP contribution in [0.4, 0.5) is 0 Å². The molecule has 0 radical (unpaired) electrons. The summed E-state index contributed by atoms with van der Waals surface area (Å²) in [6, 6.07) is 47.8. The molecule has 9 rings (SSSR count). The number of imidazole rings is 1. The minimum Gasteiger partial charge on any atom is -0.341 e. The zero-order valence-corrected chi connectivity index (χ0v) is 30.0. The number of H-pyrrole nitrogens is 1. The Balaban J connectivity index is 1.30. The van der Waals surface area contributed by atoms with E-state index in [9.17, 15) is 0 Å². The SMILES string of the molecule is CC(C)(C)c1cc(-c2ccc3c4cc(C(C)(C)C)ccc4n(-c4cc5ccccc5[nH]4)c3n2)cc(-c2nc3ccccc3n2-c2ccccc2)c1. The molecule has 0 aliphatic carbocycles. The van der Waals surface area contributed by atoms with Gasteiger partial charge in [0.1, 0.15) is 17.3 Å². The molecule has 51 heavy (non-hydrogen) atoms. The Morgan fingerprint density at radius 2 is 1.25 bits per heavy atom. The van der Waals surface area contributed by atoms with Crippen molar-refractivity contribution in [2.24, 2.45) is 0 Å². The second-order valence-electron chi connectivity index (χ2n) is 15.8. The van der Waals surface area contributed by atoms with E-state index in [4.69, 9.17) is 9.97 Å². The van der Waals surface area contributed by atoms with Crippen LogP contribution in [0, 0.1) is 0 Å². The maximum atomic E-state index is 5.52. The molecule has 0 amide bonds. The molecule has 0 aliphatic heterocycles. The van der Waals surface area contributed by atoms with Crippen LogP contribution in [0.1, 0.15) is 52.7 Å². The number of nitrogens with zero attached hydrogens (tertiary/aromatic N) is 4. The third-order valence-corrected chi connectivity index (χ3v) is 10.2. The maximum absolute atomic E-state index is 5.52. The Kier molecular flexibility index (Phi) is 6.88. The summed E-state index contributed by atoms with van der Waals surface area (Å²) in [5.41, 5.74) is 11.8. The van der Waals surface area contributed by atoms with E-state index in [1.807, 2.05) is 0 Å². The van der Waals surface area contributed by atoms with Crippen molar-refractivity contribution in [1.82, 2.24) is 24.1 Å². The van der Waals surface area contributed by atoms with Gasteiger partial charge in [-0.3, -0.25) is 9.13 Å². The van der Waals surface area contributed by atoms with E-state index in [2.05, 4.69) is 189 Å². The number of aromatic amines is 1. The summed E-state index contributed by atoms with van der Waals surface area (Å²) in [6.07, 6.45) is 0. The predicted octanol–water partition coefficient (Wildman–Crippen LogP) is 11.9. The van der Waals surface area contributed by atoms with E-state index in [1.165, 1.54) is 21.9 Å². The standard InChI is InChI=1S/C46H41N5/c1-45(2,3)32-20-23-40-36(28-32)35-21-22-38(48-44(35)51(40)42-27-29-14-10-11-17-37(29)47-42)30-24-31(26-33(25-30)46(4,5)6)43-49-39-18-12-13-19-41(39)50(43)34-15-8-7-9-16-34/h7-28,47H,1-6H3. The van der Waals surface area contributed by atoms with Crippen molar-refractivity contribution in [2.75, 3.05) is 0 Å². The highest BCUT2D eigenvalue weighted by molar-refractivity contribution is 6.09. The van der Waals surface area contributed by atoms with Crippen molar-refractivity contribution < 1.29 is 0 Å². The van der Waals surface area contributed by atoms with Crippen molar-refractivity contribution in [1.29, 1.82) is 0 Å². The molecule has 0 bridgehead atoms. The molecule has 0 spiro atoms. The number of fused-ring (bicyclic) bond motifs is 5. The van der Waals surface area contributed by atoms with E-state index >= 15 is 0 Å². The molecule has 250 valence electrons. The summed E-state index contributed by atoms with van der Waals surface area (Å²) < 4.78 is 4.57. The molecular formula is C46H41N5. The van der Waals surface area contributed by atoms with Crippen LogP contribution in [0.15, 0.2) is 133 Å². The van der Waals surface area contributed by atoms with Crippen molar-refractivity contribution in [2.45, 2.75) is 52.4 Å². The van der Waals surface area contributed by atoms with E-state index in [-0.39, 0.29) is 10.8 Å². The molecular weight excluding hydrogens is 623 g/mol. The van der Waals surface area contributed by atoms with Crippen LogP contribution >= 0.6 is 0 Å². The first-order valence-corrected chi connectivity index (χ1v) is 17.8. The average molecular weight is 664 g/mol. The number of aromatic nitrogens is 5. The van der Waals surface area contributed by atoms with E-state index in [1.54, 1.807) is 0 Å². The Morgan fingerprint density at radius 3 is 2.04 bits per heavy atom. The van der Waals surface area contributed by atoms with Crippen molar-refractivity contribution in [3.05, 3.63) is 145 Å². The van der Waals surface area contributed by atoms with Crippen LogP contribution in [0.25, 0.3) is 78.0 Å². The molecule has 5 heteroatoms. The van der Waals surface area contributed by atoms with Gasteiger partial charge >= 0.3 is 0 Å². The fourth-order valence-electron chi connectivity index (χ4n) is 7.34. The lowest BCUT2D eigenvalue weighted by molar-refractivity contribution is 0.590. The van der Waals surface area contributed by atoms with Gasteiger partial charge in [-0.2, -0.15) is 0 Å². The molecule has 9 aromatic rings. The van der Waals surface area contributed by atoms with E-state index in [0.717, 1.165) is 67.3 Å². The van der Waals surface area contributed by atoms with Crippen LogP contribution in [0.2, 0.25) is 0 Å². The first-order chi connectivity index (χ1) is 24.5. The highest BCUT2D eigenvalue weighted by Gasteiger charge is 2.23. The van der Waals surface area contributed by atoms with Crippen molar-refractivity contribution >= 4 is 43.9 Å². The zero-order valence-electron chi connectivity index (χ0n) is 30.0. The fraction of sp³-hybridized carbons (Fsp3) is 0.174. The zero-order chi connectivity index (χ0) is 35.1. The van der Waals surface area contributed by atoms with Crippen LogP contribution in [-0.4, -0.2) is 24.1 Å². The summed E-state index contributed by atoms with van der Waals surface area (Å²) in [5, 5.41) is 3.52. The molecule has 0 fully saturated rings. The molecule has 0 saturated heterocycles. The first-order valence-electron chi connectivity index (χ1n) is 17.8. The van der Waals surface area contributed by atoms with E-state index < -0.39 is 0 Å². The maximum Gasteiger partial charge on any atom is 0.147 e. The van der Waals surface area contributed by atoms with Gasteiger partial charge in [-0.05, 0) is 101 Å². The quantitative estimate of drug-likeness (QED) is 0.204. The number of benzene rings is 5. The second-order valence-corrected chi connectivity index (χ2v) is 15.8. The van der Waals surface area contributed by atoms with Gasteiger partial charge in [0.15, 0.2) is 0 Å². The van der Waals surface area contributed by atoms with Gasteiger partial charge in [0.25, 0.3) is 0 Å². The average Bonchev–Trinajstić information content (AvgIpc) is 3.82. The minimum atomic E-state index is -0.0962. The lowest BCUT2D eigenvalue weighted by Crippen LogP contribution is -2.12. The molecule has 5 nitrogen and oxygen atoms in total. The number of pyridine rings is 1. The molecule has 0 saturated carbocycles. The summed E-state index contributed by atoms with van der Waals surface area (Å²) in [4.78, 5) is 14.4. The number of hydrogen-bond acceptors (Lipinski definition) is 2. The first kappa shape index (κ1) is 31.1. The second kappa shape index (κ2) is 11.3. The van der Waals surface area contributed by atoms with Crippen molar-refractivity contribution in [3.63, 3.8) is 0 Å². The van der Waals surface area contributed by atoms with E-state index in [0.29, 0.717) is 0 Å². The van der Waals surface area contributed by atoms with Crippen LogP contribution < -0.4 is 0 Å². The topological polar surface area (TPSA) is 51.4 Å². The molecule has 1 N–H and O–H groups in total. The third-order valence-electron chi connectivity index (χ3n) is 10.2. The molecule has 0 atom stereocenters. The normalized spacial score (nSPS) is 12.5. The molecule has 4 heterocycles. The Labute approximate surface area is 298 Å². The van der Waals surface area contributed by atoms with Gasteiger partial charge in [-0.1, -0.05) is 96.1 Å². The highest BCUT2D eigenvalue weighted by atomic mass is 15.1. The van der Waals surface area contributed by atoms with Gasteiger partial charge in [-0.15, -0.1) is 0 Å². The van der Waals surface area contributed by atoms with Gasteiger partial charge < -0.3 is 4.98 Å². The van der Waals surface area contributed by atoms with Crippen LogP contribution in [0.5, 0.6) is 0 Å². The minimum absolute atomic E-state index is 0.0249. The Morgan fingerprint density at radius 1 is 0.529 bits per heavy atom. The summed E-state index contributed by atoms with van der Waals surface area (Å²) >= 11 is 0. The number of para-hydroxylation sites is 4. The van der Waals surface area contributed by atoms with Crippen LogP contribution in [-0.2, 0) is 10.8 Å². The van der Waals surface area contributed by atoms with Gasteiger partial charge in [0, 0.05) is 38.5 Å². The largest absolute Gasteiger partial charge is 0.341 e. The smallest absolute Gasteiger partial charge is 0.147 e. The Hall–Kier alpha value is -5.94. The molecule has 0 unspecified atom stereocenters. The molecule has 0 aliphatic rings. The number of rotatable bonds is 4. The predicted molar refractivity (Wildman–Crippen MR) is 213 cm³/mol. The summed E-state index contributed by atoms with van der Waals surface area (Å²) in [6.45, 7) is 13.6. The van der Waals surface area contributed by atoms with Crippen LogP contribution in [0.3, 0.4) is 0 Å². The lowest BCUT2D eigenvalue weighted by atomic mass is 9.84. The molecule has 5 aromatic carbocycles.